The maximum Gasteiger partial charge on any atom is 0.408 e. The van der Waals surface area contributed by atoms with Gasteiger partial charge in [-0.2, -0.15) is 0 Å². The number of nitrogens with one attached hydrogen (secondary N) is 3. The molecule has 1 aliphatic rings. The van der Waals surface area contributed by atoms with E-state index in [9.17, 15) is 24.0 Å². The Balaban J connectivity index is 1.50. The van der Waals surface area contributed by atoms with Crippen LogP contribution in [0.5, 0.6) is 0 Å². The van der Waals surface area contributed by atoms with Crippen LogP contribution >= 0.6 is 0 Å². The number of alkyl carbamates (subject to hydrolysis) is 1. The van der Waals surface area contributed by atoms with Crippen molar-refractivity contribution in [2.24, 2.45) is 5.73 Å². The highest BCUT2D eigenvalue weighted by molar-refractivity contribution is 5.98. The van der Waals surface area contributed by atoms with Gasteiger partial charge in [-0.05, 0) is 36.5 Å². The molecule has 0 spiro atoms. The summed E-state index contributed by atoms with van der Waals surface area (Å²) in [4.78, 5) is 64.9. The first-order chi connectivity index (χ1) is 21.6. The molecule has 1 fully saturated rings. The van der Waals surface area contributed by atoms with Crippen LogP contribution in [0.25, 0.3) is 0 Å². The Bertz CT molecular complexity index is 1460. The summed E-state index contributed by atoms with van der Waals surface area (Å²) < 4.78 is 10.6. The van der Waals surface area contributed by atoms with Gasteiger partial charge in [0.05, 0.1) is 12.6 Å². The van der Waals surface area contributed by atoms with E-state index in [0.717, 1.165) is 16.7 Å². The van der Waals surface area contributed by atoms with Gasteiger partial charge in [0, 0.05) is 12.8 Å². The average molecular weight is 615 g/mol. The maximum atomic E-state index is 13.8. The fourth-order valence-electron chi connectivity index (χ4n) is 4.74. The summed E-state index contributed by atoms with van der Waals surface area (Å²) >= 11 is 0. The quantitative estimate of drug-likeness (QED) is 0.180. The number of benzene rings is 3. The third-order valence-electron chi connectivity index (χ3n) is 7.43. The van der Waals surface area contributed by atoms with Gasteiger partial charge in [0.15, 0.2) is 5.78 Å². The van der Waals surface area contributed by atoms with E-state index in [1.807, 2.05) is 54.6 Å². The molecule has 3 aromatic rings. The van der Waals surface area contributed by atoms with Crippen LogP contribution in [0.1, 0.15) is 36.5 Å². The molecular formula is C34H38N4O7. The van der Waals surface area contributed by atoms with Crippen molar-refractivity contribution in [2.75, 3.05) is 6.61 Å². The van der Waals surface area contributed by atoms with Gasteiger partial charge in [0.25, 0.3) is 0 Å². The molecule has 0 saturated carbocycles. The van der Waals surface area contributed by atoms with Gasteiger partial charge in [-0.25, -0.2) is 4.79 Å². The van der Waals surface area contributed by atoms with Crippen LogP contribution in [0, 0.1) is 0 Å². The van der Waals surface area contributed by atoms with Crippen molar-refractivity contribution in [2.45, 2.75) is 62.9 Å². The number of ether oxygens (including phenoxy) is 2. The van der Waals surface area contributed by atoms with Gasteiger partial charge in [0.2, 0.25) is 17.7 Å². The van der Waals surface area contributed by atoms with Crippen molar-refractivity contribution in [3.63, 3.8) is 0 Å². The maximum absolute atomic E-state index is 13.8. The second-order valence-electron chi connectivity index (χ2n) is 11.1. The molecule has 0 bridgehead atoms. The molecule has 4 atom stereocenters. The lowest BCUT2D eigenvalue weighted by Crippen LogP contribution is -2.57. The zero-order chi connectivity index (χ0) is 32.2. The van der Waals surface area contributed by atoms with Crippen molar-refractivity contribution >= 4 is 29.6 Å². The van der Waals surface area contributed by atoms with Crippen LogP contribution in [-0.4, -0.2) is 59.9 Å². The molecule has 236 valence electrons. The largest absolute Gasteiger partial charge is 0.445 e. The normalized spacial score (nSPS) is 17.2. The molecule has 4 rings (SSSR count). The Morgan fingerprint density at radius 2 is 1.20 bits per heavy atom. The number of hydrogen-bond donors (Lipinski definition) is 4. The highest BCUT2D eigenvalue weighted by Gasteiger charge is 2.50. The predicted octanol–water partition coefficient (Wildman–Crippen LogP) is 2.36. The minimum absolute atomic E-state index is 0.0324. The van der Waals surface area contributed by atoms with E-state index in [0.29, 0.717) is 0 Å². The van der Waals surface area contributed by atoms with Crippen LogP contribution in [0.2, 0.25) is 0 Å². The number of rotatable bonds is 16. The second kappa shape index (κ2) is 15.6. The lowest BCUT2D eigenvalue weighted by Gasteiger charge is -2.26. The summed E-state index contributed by atoms with van der Waals surface area (Å²) in [6, 6.07) is 24.0. The van der Waals surface area contributed by atoms with Crippen LogP contribution in [0.4, 0.5) is 4.79 Å². The molecule has 4 amide bonds. The van der Waals surface area contributed by atoms with E-state index in [1.54, 1.807) is 43.3 Å². The molecule has 11 nitrogen and oxygen atoms in total. The van der Waals surface area contributed by atoms with Gasteiger partial charge in [-0.3, -0.25) is 19.2 Å². The molecule has 1 aliphatic heterocycles. The monoisotopic (exact) mass is 614 g/mol. The Labute approximate surface area is 261 Å². The average Bonchev–Trinajstić information content (AvgIpc) is 3.80. The fourth-order valence-corrected chi connectivity index (χ4v) is 4.74. The Hall–Kier alpha value is -5.03. The molecular weight excluding hydrogens is 576 g/mol. The number of amides is 4. The van der Waals surface area contributed by atoms with Crippen molar-refractivity contribution in [1.29, 1.82) is 0 Å². The van der Waals surface area contributed by atoms with Crippen molar-refractivity contribution in [1.82, 2.24) is 16.0 Å². The summed E-state index contributed by atoms with van der Waals surface area (Å²) in [6.45, 7) is 1.90. The first-order valence-corrected chi connectivity index (χ1v) is 14.8. The summed E-state index contributed by atoms with van der Waals surface area (Å²) in [6.07, 6.45) is -0.865. The van der Waals surface area contributed by atoms with Crippen LogP contribution in [-0.2, 0) is 48.1 Å². The SMILES string of the molecule is CC1(C(=O)[C@H](Cc2ccccc2)NC(=O)[C@H](Cc2ccccc2)NC(=O)[C@H](CCC(N)=O)NC(=O)OCc2ccccc2)CO1. The summed E-state index contributed by atoms with van der Waals surface area (Å²) in [5, 5.41) is 8.04. The Morgan fingerprint density at radius 1 is 0.733 bits per heavy atom. The molecule has 0 aliphatic carbocycles. The standard InChI is InChI=1S/C34H38N4O7/c1-34(22-45-34)30(40)27(19-23-11-5-2-6-12-23)36-32(42)28(20-24-13-7-3-8-14-24)37-31(41)26(17-18-29(35)39)38-33(43)44-21-25-15-9-4-10-16-25/h2-16,26-28H,17-22H2,1H3,(H2,35,39)(H,36,42)(H,37,41)(H,38,43)/t26-,27-,28-,34?/m0/s1. The molecule has 0 aromatic heterocycles. The minimum atomic E-state index is -1.23. The molecule has 1 heterocycles. The molecule has 1 saturated heterocycles. The molecule has 11 heteroatoms. The number of hydrogen-bond acceptors (Lipinski definition) is 7. The second-order valence-corrected chi connectivity index (χ2v) is 11.1. The summed E-state index contributed by atoms with van der Waals surface area (Å²) in [7, 11) is 0. The third kappa shape index (κ3) is 10.3. The van der Waals surface area contributed by atoms with E-state index in [-0.39, 0.29) is 44.7 Å². The van der Waals surface area contributed by atoms with Crippen molar-refractivity contribution in [3.05, 3.63) is 108 Å². The topological polar surface area (TPSA) is 169 Å². The summed E-state index contributed by atoms with van der Waals surface area (Å²) in [5.41, 5.74) is 6.67. The van der Waals surface area contributed by atoms with E-state index in [4.69, 9.17) is 15.2 Å². The van der Waals surface area contributed by atoms with Crippen LogP contribution < -0.4 is 21.7 Å². The number of carbonyl (C=O) groups is 5. The van der Waals surface area contributed by atoms with Crippen molar-refractivity contribution in [3.8, 4) is 0 Å². The molecule has 0 radical (unpaired) electrons. The van der Waals surface area contributed by atoms with Crippen LogP contribution in [0.3, 0.4) is 0 Å². The van der Waals surface area contributed by atoms with E-state index >= 15 is 0 Å². The third-order valence-corrected chi connectivity index (χ3v) is 7.43. The van der Waals surface area contributed by atoms with Gasteiger partial charge >= 0.3 is 6.09 Å². The number of nitrogens with two attached hydrogens (primary N) is 1. The number of epoxide rings is 1. The first-order valence-electron chi connectivity index (χ1n) is 14.8. The van der Waals surface area contributed by atoms with E-state index < -0.39 is 47.5 Å². The van der Waals surface area contributed by atoms with E-state index in [1.165, 1.54) is 0 Å². The van der Waals surface area contributed by atoms with Gasteiger partial charge in [-0.1, -0.05) is 91.0 Å². The first kappa shape index (κ1) is 32.9. The predicted molar refractivity (Wildman–Crippen MR) is 165 cm³/mol. The number of primary amides is 1. The highest BCUT2D eigenvalue weighted by Crippen LogP contribution is 2.29. The molecule has 3 aromatic carbocycles. The van der Waals surface area contributed by atoms with Crippen LogP contribution in [0.15, 0.2) is 91.0 Å². The number of Topliss-reactive ketones (excluding diaryl/α,β-unsaturated/α-hetero) is 1. The van der Waals surface area contributed by atoms with Gasteiger partial charge in [0.1, 0.15) is 24.3 Å². The molecule has 1 unspecified atom stereocenters. The zero-order valence-corrected chi connectivity index (χ0v) is 25.1. The lowest BCUT2D eigenvalue weighted by atomic mass is 9.94. The van der Waals surface area contributed by atoms with Gasteiger partial charge in [-0.15, -0.1) is 0 Å². The molecule has 5 N–H and O–H groups in total. The highest BCUT2D eigenvalue weighted by atomic mass is 16.6. The Morgan fingerprint density at radius 3 is 1.71 bits per heavy atom. The van der Waals surface area contributed by atoms with Crippen molar-refractivity contribution < 1.29 is 33.4 Å². The Kier molecular flexibility index (Phi) is 11.4. The zero-order valence-electron chi connectivity index (χ0n) is 25.1. The summed E-state index contributed by atoms with van der Waals surface area (Å²) in [5.74, 6) is -2.24. The smallest absolute Gasteiger partial charge is 0.408 e. The molecule has 45 heavy (non-hydrogen) atoms. The van der Waals surface area contributed by atoms with E-state index in [2.05, 4.69) is 16.0 Å². The lowest BCUT2D eigenvalue weighted by molar-refractivity contribution is -0.133. The van der Waals surface area contributed by atoms with Gasteiger partial charge < -0.3 is 31.2 Å². The number of carbonyl (C=O) groups excluding carboxylic acids is 5. The fraction of sp³-hybridized carbons (Fsp3) is 0.324. The number of ketones is 1. The minimum Gasteiger partial charge on any atom is -0.445 e.